The molecule has 0 bridgehead atoms. The van der Waals surface area contributed by atoms with Crippen molar-refractivity contribution in [3.8, 4) is 0 Å². The van der Waals surface area contributed by atoms with E-state index in [4.69, 9.17) is 5.73 Å². The molecule has 100 valence electrons. The SMILES string of the molecule is CC(C)(C)S(=O)(=O)CCN1CC(N)CCC1=O. The van der Waals surface area contributed by atoms with Crippen molar-refractivity contribution in [3.63, 3.8) is 0 Å². The highest BCUT2D eigenvalue weighted by Gasteiger charge is 2.31. The Morgan fingerprint density at radius 3 is 2.53 bits per heavy atom. The van der Waals surface area contributed by atoms with Gasteiger partial charge in [-0.1, -0.05) is 0 Å². The van der Waals surface area contributed by atoms with Crippen molar-refractivity contribution in [1.29, 1.82) is 0 Å². The molecule has 1 heterocycles. The zero-order chi connectivity index (χ0) is 13.3. The fourth-order valence-electron chi connectivity index (χ4n) is 1.70. The van der Waals surface area contributed by atoms with Crippen LogP contribution in [0.1, 0.15) is 33.6 Å². The fourth-order valence-corrected chi connectivity index (χ4v) is 2.77. The van der Waals surface area contributed by atoms with Gasteiger partial charge in [-0.15, -0.1) is 0 Å². The third kappa shape index (κ3) is 3.67. The van der Waals surface area contributed by atoms with E-state index in [1.54, 1.807) is 25.7 Å². The second-order valence-electron chi connectivity index (χ2n) is 5.57. The third-order valence-electron chi connectivity index (χ3n) is 3.10. The molecule has 0 aliphatic carbocycles. The molecule has 1 saturated heterocycles. The molecule has 0 aromatic carbocycles. The van der Waals surface area contributed by atoms with E-state index in [1.165, 1.54) is 0 Å². The van der Waals surface area contributed by atoms with Gasteiger partial charge < -0.3 is 10.6 Å². The van der Waals surface area contributed by atoms with Crippen molar-refractivity contribution in [2.75, 3.05) is 18.8 Å². The Balaban J connectivity index is 2.59. The van der Waals surface area contributed by atoms with Gasteiger partial charge in [0.2, 0.25) is 5.91 Å². The van der Waals surface area contributed by atoms with E-state index < -0.39 is 14.6 Å². The van der Waals surface area contributed by atoms with Gasteiger partial charge in [0.15, 0.2) is 9.84 Å². The predicted molar refractivity (Wildman–Crippen MR) is 67.3 cm³/mol. The summed E-state index contributed by atoms with van der Waals surface area (Å²) in [5, 5.41) is 0. The van der Waals surface area contributed by atoms with Crippen LogP contribution in [0, 0.1) is 0 Å². The lowest BCUT2D eigenvalue weighted by molar-refractivity contribution is -0.133. The van der Waals surface area contributed by atoms with Crippen LogP contribution in [0.5, 0.6) is 0 Å². The minimum atomic E-state index is -3.17. The van der Waals surface area contributed by atoms with Gasteiger partial charge in [-0.25, -0.2) is 8.42 Å². The van der Waals surface area contributed by atoms with Crippen LogP contribution in [0.15, 0.2) is 0 Å². The Kier molecular flexibility index (Phi) is 4.19. The Morgan fingerprint density at radius 1 is 1.41 bits per heavy atom. The highest BCUT2D eigenvalue weighted by Crippen LogP contribution is 2.17. The van der Waals surface area contributed by atoms with Crippen LogP contribution in [0.2, 0.25) is 0 Å². The molecule has 0 saturated carbocycles. The summed E-state index contributed by atoms with van der Waals surface area (Å²) < 4.78 is 23.1. The van der Waals surface area contributed by atoms with Gasteiger partial charge in [0.1, 0.15) is 0 Å². The maximum atomic E-state index is 11.9. The van der Waals surface area contributed by atoms with Crippen LogP contribution >= 0.6 is 0 Å². The van der Waals surface area contributed by atoms with E-state index in [1.807, 2.05) is 0 Å². The van der Waals surface area contributed by atoms with Gasteiger partial charge >= 0.3 is 0 Å². The number of piperidine rings is 1. The molecule has 1 atom stereocenters. The van der Waals surface area contributed by atoms with E-state index in [0.717, 1.165) is 0 Å². The summed E-state index contributed by atoms with van der Waals surface area (Å²) in [7, 11) is -3.17. The fraction of sp³-hybridized carbons (Fsp3) is 0.909. The Bertz CT molecular complexity index is 384. The number of rotatable bonds is 3. The first-order chi connectivity index (χ1) is 7.63. The van der Waals surface area contributed by atoms with E-state index in [2.05, 4.69) is 0 Å². The van der Waals surface area contributed by atoms with Gasteiger partial charge in [-0.2, -0.15) is 0 Å². The number of nitrogens with zero attached hydrogens (tertiary/aromatic N) is 1. The second kappa shape index (κ2) is 4.94. The highest BCUT2D eigenvalue weighted by atomic mass is 32.2. The molecule has 0 aromatic heterocycles. The number of nitrogens with two attached hydrogens (primary N) is 1. The summed E-state index contributed by atoms with van der Waals surface area (Å²) in [5.41, 5.74) is 5.77. The van der Waals surface area contributed by atoms with E-state index in [9.17, 15) is 13.2 Å². The van der Waals surface area contributed by atoms with Crippen LogP contribution in [-0.2, 0) is 14.6 Å². The Hall–Kier alpha value is -0.620. The number of likely N-dealkylation sites (tertiary alicyclic amines) is 1. The topological polar surface area (TPSA) is 80.5 Å². The minimum Gasteiger partial charge on any atom is -0.340 e. The van der Waals surface area contributed by atoms with Gasteiger partial charge in [0.05, 0.1) is 10.5 Å². The number of hydrogen-bond donors (Lipinski definition) is 1. The van der Waals surface area contributed by atoms with Gasteiger partial charge in [0.25, 0.3) is 0 Å². The Labute approximate surface area is 103 Å². The van der Waals surface area contributed by atoms with E-state index >= 15 is 0 Å². The largest absolute Gasteiger partial charge is 0.340 e. The molecule has 5 nitrogen and oxygen atoms in total. The molecule has 1 fully saturated rings. The first kappa shape index (κ1) is 14.4. The molecule has 1 aliphatic rings. The molecular formula is C11H22N2O3S. The smallest absolute Gasteiger partial charge is 0.222 e. The zero-order valence-electron chi connectivity index (χ0n) is 10.8. The Morgan fingerprint density at radius 2 is 2.00 bits per heavy atom. The number of sulfone groups is 1. The average Bonchev–Trinajstić information content (AvgIpc) is 2.18. The molecule has 0 radical (unpaired) electrons. The summed E-state index contributed by atoms with van der Waals surface area (Å²) in [4.78, 5) is 13.1. The van der Waals surface area contributed by atoms with Crippen molar-refractivity contribution >= 4 is 15.7 Å². The predicted octanol–water partition coefficient (Wildman–Crippen LogP) is 0.149. The molecule has 17 heavy (non-hydrogen) atoms. The summed E-state index contributed by atoms with van der Waals surface area (Å²) in [6.07, 6.45) is 1.12. The quantitative estimate of drug-likeness (QED) is 0.785. The molecule has 0 spiro atoms. The molecular weight excluding hydrogens is 240 g/mol. The standard InChI is InChI=1S/C11H22N2O3S/c1-11(2,3)17(15,16)7-6-13-8-9(12)4-5-10(13)14/h9H,4-8,12H2,1-3H3. The van der Waals surface area contributed by atoms with E-state index in [0.29, 0.717) is 19.4 Å². The highest BCUT2D eigenvalue weighted by molar-refractivity contribution is 7.92. The molecule has 1 rings (SSSR count). The van der Waals surface area contributed by atoms with Crippen molar-refractivity contribution in [2.24, 2.45) is 5.73 Å². The van der Waals surface area contributed by atoms with Crippen LogP contribution in [0.4, 0.5) is 0 Å². The summed E-state index contributed by atoms with van der Waals surface area (Å²) in [6, 6.07) is -0.0231. The van der Waals surface area contributed by atoms with Crippen LogP contribution in [0.3, 0.4) is 0 Å². The maximum absolute atomic E-state index is 11.9. The lowest BCUT2D eigenvalue weighted by atomic mass is 10.1. The van der Waals surface area contributed by atoms with Crippen molar-refractivity contribution < 1.29 is 13.2 Å². The third-order valence-corrected chi connectivity index (χ3v) is 5.69. The summed E-state index contributed by atoms with van der Waals surface area (Å²) in [6.45, 7) is 5.74. The molecule has 1 unspecified atom stereocenters. The van der Waals surface area contributed by atoms with Crippen LogP contribution in [0.25, 0.3) is 0 Å². The number of amides is 1. The summed E-state index contributed by atoms with van der Waals surface area (Å²) >= 11 is 0. The first-order valence-corrected chi connectivity index (χ1v) is 7.54. The minimum absolute atomic E-state index is 0.00889. The molecule has 2 N–H and O–H groups in total. The number of carbonyl (C=O) groups is 1. The zero-order valence-corrected chi connectivity index (χ0v) is 11.6. The molecule has 1 amide bonds. The van der Waals surface area contributed by atoms with Crippen LogP contribution in [-0.4, -0.2) is 48.9 Å². The van der Waals surface area contributed by atoms with Gasteiger partial charge in [0, 0.05) is 25.6 Å². The molecule has 0 aromatic rings. The van der Waals surface area contributed by atoms with Gasteiger partial charge in [-0.3, -0.25) is 4.79 Å². The first-order valence-electron chi connectivity index (χ1n) is 5.89. The summed E-state index contributed by atoms with van der Waals surface area (Å²) in [5.74, 6) is 0.0189. The van der Waals surface area contributed by atoms with Crippen molar-refractivity contribution in [1.82, 2.24) is 4.90 Å². The number of hydrogen-bond acceptors (Lipinski definition) is 4. The van der Waals surface area contributed by atoms with E-state index in [-0.39, 0.29) is 24.2 Å². The normalized spacial score (nSPS) is 22.9. The monoisotopic (exact) mass is 262 g/mol. The average molecular weight is 262 g/mol. The van der Waals surface area contributed by atoms with Crippen molar-refractivity contribution in [2.45, 2.75) is 44.4 Å². The lowest BCUT2D eigenvalue weighted by Crippen LogP contribution is -2.48. The second-order valence-corrected chi connectivity index (χ2v) is 8.43. The van der Waals surface area contributed by atoms with Crippen molar-refractivity contribution in [3.05, 3.63) is 0 Å². The lowest BCUT2D eigenvalue weighted by Gasteiger charge is -2.31. The number of carbonyl (C=O) groups excluding carboxylic acids is 1. The van der Waals surface area contributed by atoms with Crippen LogP contribution < -0.4 is 5.73 Å². The van der Waals surface area contributed by atoms with Gasteiger partial charge in [-0.05, 0) is 27.2 Å². The molecule has 1 aliphatic heterocycles. The maximum Gasteiger partial charge on any atom is 0.222 e. The molecule has 6 heteroatoms.